The first-order valence-electron chi connectivity index (χ1n) is 7.88. The molecule has 4 rings (SSSR count). The maximum absolute atomic E-state index is 12.5. The van der Waals surface area contributed by atoms with Crippen molar-refractivity contribution < 1.29 is 19.4 Å². The summed E-state index contributed by atoms with van der Waals surface area (Å²) in [6, 6.07) is 17.9. The van der Waals surface area contributed by atoms with Gasteiger partial charge in [0.1, 0.15) is 6.10 Å². The van der Waals surface area contributed by atoms with Crippen molar-refractivity contribution in [3.8, 4) is 0 Å². The zero-order valence-electron chi connectivity index (χ0n) is 13.2. The van der Waals surface area contributed by atoms with Crippen LogP contribution in [0.3, 0.4) is 0 Å². The number of hydrogen-bond donors (Lipinski definition) is 1. The van der Waals surface area contributed by atoms with E-state index in [9.17, 15) is 14.7 Å². The largest absolute Gasteiger partial charge is 0.478 e. The monoisotopic (exact) mass is 330 g/mol. The van der Waals surface area contributed by atoms with Crippen molar-refractivity contribution in [2.24, 2.45) is 0 Å². The van der Waals surface area contributed by atoms with Crippen molar-refractivity contribution in [1.29, 1.82) is 0 Å². The average molecular weight is 330 g/mol. The fourth-order valence-corrected chi connectivity index (χ4v) is 3.20. The molecule has 1 aliphatic carbocycles. The van der Waals surface area contributed by atoms with Crippen molar-refractivity contribution in [3.63, 3.8) is 0 Å². The molecular formula is C21H14O4. The molecule has 1 atom stereocenters. The highest BCUT2D eigenvalue weighted by Gasteiger charge is 2.24. The van der Waals surface area contributed by atoms with Gasteiger partial charge in [0.05, 0.1) is 11.1 Å². The van der Waals surface area contributed by atoms with Crippen molar-refractivity contribution in [2.75, 3.05) is 0 Å². The van der Waals surface area contributed by atoms with Gasteiger partial charge in [-0.3, -0.25) is 0 Å². The number of carbonyl (C=O) groups excluding carboxylic acids is 1. The molecule has 0 radical (unpaired) electrons. The molecule has 0 fully saturated rings. The maximum Gasteiger partial charge on any atom is 0.339 e. The van der Waals surface area contributed by atoms with E-state index in [1.165, 1.54) is 12.1 Å². The molecule has 0 heterocycles. The quantitative estimate of drug-likeness (QED) is 0.720. The van der Waals surface area contributed by atoms with Gasteiger partial charge >= 0.3 is 11.9 Å². The number of hydrogen-bond acceptors (Lipinski definition) is 3. The van der Waals surface area contributed by atoms with Gasteiger partial charge in [-0.1, -0.05) is 54.6 Å². The predicted molar refractivity (Wildman–Crippen MR) is 94.5 cm³/mol. The summed E-state index contributed by atoms with van der Waals surface area (Å²) in [6.45, 7) is 0. The molecule has 0 aromatic heterocycles. The Bertz CT molecular complexity index is 1030. The Labute approximate surface area is 144 Å². The van der Waals surface area contributed by atoms with E-state index >= 15 is 0 Å². The highest BCUT2D eigenvalue weighted by atomic mass is 16.5. The third-order valence-corrected chi connectivity index (χ3v) is 4.34. The van der Waals surface area contributed by atoms with E-state index in [2.05, 4.69) is 0 Å². The molecule has 0 spiro atoms. The molecule has 122 valence electrons. The Kier molecular flexibility index (Phi) is 3.58. The first kappa shape index (κ1) is 15.1. The third-order valence-electron chi connectivity index (χ3n) is 4.34. The lowest BCUT2D eigenvalue weighted by molar-refractivity contribution is 0.0387. The van der Waals surface area contributed by atoms with Gasteiger partial charge < -0.3 is 9.84 Å². The zero-order chi connectivity index (χ0) is 17.4. The minimum atomic E-state index is -1.15. The highest BCUT2D eigenvalue weighted by Crippen LogP contribution is 2.35. The van der Waals surface area contributed by atoms with Crippen LogP contribution < -0.4 is 0 Å². The summed E-state index contributed by atoms with van der Waals surface area (Å²) in [6.07, 6.45) is 3.20. The second-order valence-corrected chi connectivity index (χ2v) is 5.83. The summed E-state index contributed by atoms with van der Waals surface area (Å²) in [5.41, 5.74) is 1.96. The lowest BCUT2D eigenvalue weighted by Crippen LogP contribution is -2.15. The first-order valence-corrected chi connectivity index (χ1v) is 7.88. The van der Waals surface area contributed by atoms with Crippen molar-refractivity contribution in [3.05, 3.63) is 89.0 Å². The van der Waals surface area contributed by atoms with Crippen LogP contribution in [0, 0.1) is 0 Å². The molecule has 0 aliphatic heterocycles. The van der Waals surface area contributed by atoms with E-state index in [1.54, 1.807) is 12.1 Å². The Morgan fingerprint density at radius 1 is 0.880 bits per heavy atom. The number of carboxylic acids is 1. The topological polar surface area (TPSA) is 63.6 Å². The molecule has 4 heteroatoms. The van der Waals surface area contributed by atoms with Gasteiger partial charge in [0.25, 0.3) is 0 Å². The Morgan fingerprint density at radius 3 is 2.36 bits per heavy atom. The van der Waals surface area contributed by atoms with Crippen LogP contribution in [0.25, 0.3) is 16.8 Å². The average Bonchev–Trinajstić information content (AvgIpc) is 2.64. The second kappa shape index (κ2) is 5.91. The van der Waals surface area contributed by atoms with E-state index < -0.39 is 18.0 Å². The van der Waals surface area contributed by atoms with E-state index in [4.69, 9.17) is 4.74 Å². The van der Waals surface area contributed by atoms with Crippen LogP contribution in [0.5, 0.6) is 0 Å². The number of benzene rings is 3. The van der Waals surface area contributed by atoms with Crippen LogP contribution in [0.15, 0.2) is 66.7 Å². The first-order chi connectivity index (χ1) is 12.1. The second-order valence-electron chi connectivity index (χ2n) is 5.83. The number of esters is 1. The van der Waals surface area contributed by atoms with Gasteiger partial charge in [0.2, 0.25) is 0 Å². The van der Waals surface area contributed by atoms with E-state index in [1.807, 2.05) is 48.6 Å². The molecule has 0 amide bonds. The van der Waals surface area contributed by atoms with Crippen LogP contribution in [0.2, 0.25) is 0 Å². The summed E-state index contributed by atoms with van der Waals surface area (Å²) in [7, 11) is 0. The number of ether oxygens (including phenoxy) is 1. The molecular weight excluding hydrogens is 316 g/mol. The molecule has 0 saturated heterocycles. The Morgan fingerprint density at radius 2 is 1.60 bits per heavy atom. The van der Waals surface area contributed by atoms with Crippen LogP contribution in [0.4, 0.5) is 0 Å². The fraction of sp³-hybridized carbons (Fsp3) is 0.0476. The lowest BCUT2D eigenvalue weighted by Gasteiger charge is -2.21. The van der Waals surface area contributed by atoms with Gasteiger partial charge in [0, 0.05) is 5.56 Å². The molecule has 3 aromatic rings. The van der Waals surface area contributed by atoms with Gasteiger partial charge in [-0.05, 0) is 34.5 Å². The van der Waals surface area contributed by atoms with Crippen LogP contribution in [-0.2, 0) is 4.74 Å². The molecule has 25 heavy (non-hydrogen) atoms. The Balaban J connectivity index is 1.72. The van der Waals surface area contributed by atoms with Gasteiger partial charge in [-0.25, -0.2) is 9.59 Å². The summed E-state index contributed by atoms with van der Waals surface area (Å²) in [4.78, 5) is 23.9. The summed E-state index contributed by atoms with van der Waals surface area (Å²) >= 11 is 0. The van der Waals surface area contributed by atoms with Gasteiger partial charge in [-0.2, -0.15) is 0 Å². The number of rotatable bonds is 3. The zero-order valence-corrected chi connectivity index (χ0v) is 13.2. The molecule has 4 nitrogen and oxygen atoms in total. The minimum Gasteiger partial charge on any atom is -0.478 e. The van der Waals surface area contributed by atoms with Crippen molar-refractivity contribution >= 4 is 28.8 Å². The number of carbonyl (C=O) groups is 2. The SMILES string of the molecule is O=C(O)c1ccccc1C(=O)OC1C=Cc2cccc3cccc1c23. The van der Waals surface area contributed by atoms with E-state index in [0.29, 0.717) is 0 Å². The molecule has 1 unspecified atom stereocenters. The predicted octanol–water partition coefficient (Wildman–Crippen LogP) is 4.46. The summed E-state index contributed by atoms with van der Waals surface area (Å²) in [5, 5.41) is 11.4. The van der Waals surface area contributed by atoms with Crippen LogP contribution >= 0.6 is 0 Å². The van der Waals surface area contributed by atoms with Crippen LogP contribution in [-0.4, -0.2) is 17.0 Å². The molecule has 1 N–H and O–H groups in total. The van der Waals surface area contributed by atoms with Crippen LogP contribution in [0.1, 0.15) is 37.9 Å². The summed E-state index contributed by atoms with van der Waals surface area (Å²) < 4.78 is 5.63. The smallest absolute Gasteiger partial charge is 0.339 e. The maximum atomic E-state index is 12.5. The van der Waals surface area contributed by atoms with E-state index in [0.717, 1.165) is 21.9 Å². The third kappa shape index (κ3) is 2.58. The molecule has 0 bridgehead atoms. The molecule has 3 aromatic carbocycles. The van der Waals surface area contributed by atoms with Gasteiger partial charge in [-0.15, -0.1) is 0 Å². The molecule has 1 aliphatic rings. The van der Waals surface area contributed by atoms with Crippen molar-refractivity contribution in [1.82, 2.24) is 0 Å². The number of carboxylic acid groups (broad SMARTS) is 1. The lowest BCUT2D eigenvalue weighted by atomic mass is 9.91. The normalized spacial score (nSPS) is 15.1. The minimum absolute atomic E-state index is 0.0504. The number of aromatic carboxylic acids is 1. The highest BCUT2D eigenvalue weighted by molar-refractivity contribution is 6.03. The van der Waals surface area contributed by atoms with E-state index in [-0.39, 0.29) is 11.1 Å². The fourth-order valence-electron chi connectivity index (χ4n) is 3.20. The Hall–Kier alpha value is -3.40. The summed E-state index contributed by atoms with van der Waals surface area (Å²) in [5.74, 6) is -1.80. The van der Waals surface area contributed by atoms with Crippen molar-refractivity contribution in [2.45, 2.75) is 6.10 Å². The van der Waals surface area contributed by atoms with Gasteiger partial charge in [0.15, 0.2) is 0 Å². The molecule has 0 saturated carbocycles. The standard InChI is InChI=1S/C21H14O4/c22-20(23)15-8-1-2-9-16(15)21(24)25-18-12-11-14-6-3-5-13-7-4-10-17(18)19(13)14/h1-12,18H,(H,22,23).